The van der Waals surface area contributed by atoms with Gasteiger partial charge >= 0.3 is 12.3 Å². The van der Waals surface area contributed by atoms with Crippen LogP contribution in [0.1, 0.15) is 34.7 Å². The summed E-state index contributed by atoms with van der Waals surface area (Å²) in [6, 6.07) is 7.00. The molecule has 1 amide bonds. The van der Waals surface area contributed by atoms with Gasteiger partial charge in [-0.2, -0.15) is 13.2 Å². The summed E-state index contributed by atoms with van der Waals surface area (Å²) in [6.07, 6.45) is -5.02. The normalized spacial score (nSPS) is 11.2. The number of hydrogen-bond donors (Lipinski definition) is 1. The van der Waals surface area contributed by atoms with Crippen LogP contribution in [0.4, 0.5) is 28.0 Å². The van der Waals surface area contributed by atoms with Crippen molar-refractivity contribution in [2.45, 2.75) is 40.0 Å². The minimum atomic E-state index is -4.66. The summed E-state index contributed by atoms with van der Waals surface area (Å²) >= 11 is 0. The van der Waals surface area contributed by atoms with E-state index in [-0.39, 0.29) is 11.3 Å². The zero-order chi connectivity index (χ0) is 20.9. The molecule has 0 atom stereocenters. The molecule has 0 saturated carbocycles. The molecule has 1 N–H and O–H groups in total. The summed E-state index contributed by atoms with van der Waals surface area (Å²) < 4.78 is 62.2. The lowest BCUT2D eigenvalue weighted by Gasteiger charge is -2.19. The standard InChI is InChI=1S/C20H21F4NO3/c1-4-14-8-13(3)18(9-12(14)2)27-10-15-16(20(22,23)24)6-5-7-17(15)25-19(26)28-11-21/h5-9H,4,10-11H2,1-3H3,(H,25,26). The molecule has 0 aromatic heterocycles. The van der Waals surface area contributed by atoms with Crippen LogP contribution in [0.5, 0.6) is 5.75 Å². The average Bonchev–Trinajstić information content (AvgIpc) is 2.62. The molecule has 0 fully saturated rings. The summed E-state index contributed by atoms with van der Waals surface area (Å²) in [6.45, 7) is 3.89. The van der Waals surface area contributed by atoms with Gasteiger partial charge in [-0.15, -0.1) is 0 Å². The van der Waals surface area contributed by atoms with Crippen LogP contribution < -0.4 is 10.1 Å². The van der Waals surface area contributed by atoms with Crippen LogP contribution in [0, 0.1) is 13.8 Å². The number of aryl methyl sites for hydroxylation is 3. The lowest BCUT2D eigenvalue weighted by atomic mass is 10.0. The minimum Gasteiger partial charge on any atom is -0.489 e. The Balaban J connectivity index is 2.37. The SMILES string of the molecule is CCc1cc(C)c(OCc2c(NC(=O)OCF)cccc2C(F)(F)F)cc1C. The van der Waals surface area contributed by atoms with E-state index in [0.29, 0.717) is 5.75 Å². The van der Waals surface area contributed by atoms with Gasteiger partial charge in [0.1, 0.15) is 12.4 Å². The van der Waals surface area contributed by atoms with Gasteiger partial charge in [-0.05, 0) is 55.2 Å². The van der Waals surface area contributed by atoms with Crippen molar-refractivity contribution < 1.29 is 31.8 Å². The van der Waals surface area contributed by atoms with Crippen LogP contribution >= 0.6 is 0 Å². The van der Waals surface area contributed by atoms with Gasteiger partial charge in [0.2, 0.25) is 6.86 Å². The Morgan fingerprint density at radius 2 is 1.86 bits per heavy atom. The van der Waals surface area contributed by atoms with E-state index in [4.69, 9.17) is 4.74 Å². The molecule has 0 aliphatic rings. The van der Waals surface area contributed by atoms with E-state index in [9.17, 15) is 22.4 Å². The number of amides is 1. The van der Waals surface area contributed by atoms with Gasteiger partial charge in [0, 0.05) is 5.56 Å². The second-order valence-electron chi connectivity index (χ2n) is 6.18. The van der Waals surface area contributed by atoms with Crippen LogP contribution in [0.15, 0.2) is 30.3 Å². The summed E-state index contributed by atoms with van der Waals surface area (Å²) in [4.78, 5) is 11.5. The van der Waals surface area contributed by atoms with Crippen molar-refractivity contribution in [3.05, 3.63) is 58.1 Å². The number of alkyl halides is 4. The zero-order valence-corrected chi connectivity index (χ0v) is 15.7. The number of halogens is 4. The molecule has 0 aliphatic heterocycles. The number of rotatable bonds is 6. The highest BCUT2D eigenvalue weighted by Crippen LogP contribution is 2.36. The van der Waals surface area contributed by atoms with Crippen molar-refractivity contribution in [3.63, 3.8) is 0 Å². The largest absolute Gasteiger partial charge is 0.489 e. The maximum Gasteiger partial charge on any atom is 0.416 e. The van der Waals surface area contributed by atoms with Gasteiger partial charge in [0.25, 0.3) is 0 Å². The van der Waals surface area contributed by atoms with Crippen LogP contribution in [0.25, 0.3) is 0 Å². The molecule has 0 spiro atoms. The molecular weight excluding hydrogens is 378 g/mol. The first-order valence-electron chi connectivity index (χ1n) is 8.59. The Labute approximate surface area is 160 Å². The second-order valence-corrected chi connectivity index (χ2v) is 6.18. The summed E-state index contributed by atoms with van der Waals surface area (Å²) in [5.74, 6) is 0.448. The molecule has 4 nitrogen and oxygen atoms in total. The maximum atomic E-state index is 13.4. The molecule has 2 aromatic rings. The first-order valence-corrected chi connectivity index (χ1v) is 8.59. The van der Waals surface area contributed by atoms with E-state index in [1.165, 1.54) is 6.07 Å². The number of anilines is 1. The van der Waals surface area contributed by atoms with Gasteiger partial charge in [0.15, 0.2) is 0 Å². The predicted octanol–water partition coefficient (Wildman–Crippen LogP) is 5.94. The van der Waals surface area contributed by atoms with Crippen molar-refractivity contribution in [1.82, 2.24) is 0 Å². The number of ether oxygens (including phenoxy) is 2. The van der Waals surface area contributed by atoms with Gasteiger partial charge in [0.05, 0.1) is 11.3 Å². The minimum absolute atomic E-state index is 0.159. The Kier molecular flexibility index (Phi) is 6.88. The van der Waals surface area contributed by atoms with Crippen molar-refractivity contribution in [1.29, 1.82) is 0 Å². The van der Waals surface area contributed by atoms with E-state index in [1.54, 1.807) is 13.0 Å². The summed E-state index contributed by atoms with van der Waals surface area (Å²) in [7, 11) is 0. The highest BCUT2D eigenvalue weighted by atomic mass is 19.4. The van der Waals surface area contributed by atoms with Gasteiger partial charge in [-0.3, -0.25) is 5.32 Å². The van der Waals surface area contributed by atoms with Crippen molar-refractivity contribution in [2.24, 2.45) is 0 Å². The first-order chi connectivity index (χ1) is 13.2. The fraction of sp³-hybridized carbons (Fsp3) is 0.350. The molecule has 2 rings (SSSR count). The molecule has 0 radical (unpaired) electrons. The molecule has 0 unspecified atom stereocenters. The molecule has 0 bridgehead atoms. The highest BCUT2D eigenvalue weighted by Gasteiger charge is 2.34. The average molecular weight is 399 g/mol. The summed E-state index contributed by atoms with van der Waals surface area (Å²) in [5, 5.41) is 2.12. The Bertz CT molecular complexity index is 850. The monoisotopic (exact) mass is 399 g/mol. The number of carbonyl (C=O) groups excluding carboxylic acids is 1. The van der Waals surface area contributed by atoms with Crippen molar-refractivity contribution in [3.8, 4) is 5.75 Å². The molecular formula is C20H21F4NO3. The summed E-state index contributed by atoms with van der Waals surface area (Å²) in [5.41, 5.74) is 1.49. The van der Waals surface area contributed by atoms with Crippen molar-refractivity contribution in [2.75, 3.05) is 12.2 Å². The van der Waals surface area contributed by atoms with Crippen LogP contribution in [-0.2, 0) is 23.9 Å². The molecule has 0 aliphatic carbocycles. The first kappa shape index (κ1) is 21.5. The van der Waals surface area contributed by atoms with Crippen molar-refractivity contribution >= 4 is 11.8 Å². The molecule has 28 heavy (non-hydrogen) atoms. The third kappa shape index (κ3) is 5.15. The van der Waals surface area contributed by atoms with E-state index in [1.807, 2.05) is 19.9 Å². The van der Waals surface area contributed by atoms with E-state index in [2.05, 4.69) is 10.1 Å². The second kappa shape index (κ2) is 8.95. The van der Waals surface area contributed by atoms with Crippen LogP contribution in [0.3, 0.4) is 0 Å². The zero-order valence-electron chi connectivity index (χ0n) is 15.7. The topological polar surface area (TPSA) is 47.6 Å². The van der Waals surface area contributed by atoms with Gasteiger partial charge < -0.3 is 9.47 Å². The molecule has 152 valence electrons. The smallest absolute Gasteiger partial charge is 0.416 e. The van der Waals surface area contributed by atoms with Gasteiger partial charge in [-0.1, -0.05) is 19.1 Å². The van der Waals surface area contributed by atoms with E-state index >= 15 is 0 Å². The van der Waals surface area contributed by atoms with Crippen LogP contribution in [-0.4, -0.2) is 13.0 Å². The molecule has 0 heterocycles. The highest BCUT2D eigenvalue weighted by molar-refractivity contribution is 5.86. The Hall–Kier alpha value is -2.77. The number of hydrogen-bond acceptors (Lipinski definition) is 3. The molecule has 0 saturated heterocycles. The Morgan fingerprint density at radius 1 is 1.14 bits per heavy atom. The lowest BCUT2D eigenvalue weighted by Crippen LogP contribution is -2.18. The van der Waals surface area contributed by atoms with E-state index < -0.39 is 31.3 Å². The number of benzene rings is 2. The Morgan fingerprint density at radius 3 is 2.46 bits per heavy atom. The van der Waals surface area contributed by atoms with E-state index in [0.717, 1.165) is 35.2 Å². The number of carbonyl (C=O) groups is 1. The van der Waals surface area contributed by atoms with Gasteiger partial charge in [-0.25, -0.2) is 9.18 Å². The molecule has 2 aromatic carbocycles. The quantitative estimate of drug-likeness (QED) is 0.612. The number of nitrogens with one attached hydrogen (secondary N) is 1. The third-order valence-corrected chi connectivity index (χ3v) is 4.29. The molecule has 8 heteroatoms. The third-order valence-electron chi connectivity index (χ3n) is 4.29. The predicted molar refractivity (Wildman–Crippen MR) is 97.1 cm³/mol. The maximum absolute atomic E-state index is 13.4. The fourth-order valence-corrected chi connectivity index (χ4v) is 2.86. The van der Waals surface area contributed by atoms with Crippen LogP contribution in [0.2, 0.25) is 0 Å². The fourth-order valence-electron chi connectivity index (χ4n) is 2.86. The lowest BCUT2D eigenvalue weighted by molar-refractivity contribution is -0.138.